The van der Waals surface area contributed by atoms with E-state index < -0.39 is 18.2 Å². The zero-order valence-corrected chi connectivity index (χ0v) is 10.0. The van der Waals surface area contributed by atoms with Gasteiger partial charge in [-0.1, -0.05) is 6.07 Å². The number of methoxy groups -OCH3 is 1. The van der Waals surface area contributed by atoms with Crippen LogP contribution >= 0.6 is 0 Å². The van der Waals surface area contributed by atoms with Crippen molar-refractivity contribution < 1.29 is 24.9 Å². The Morgan fingerprint density at radius 2 is 2.11 bits per heavy atom. The van der Waals surface area contributed by atoms with E-state index in [1.165, 1.54) is 25.3 Å². The van der Waals surface area contributed by atoms with Gasteiger partial charge in [0.2, 0.25) is 0 Å². The highest BCUT2D eigenvalue weighted by atomic mass is 16.5. The van der Waals surface area contributed by atoms with Gasteiger partial charge in [-0.15, -0.1) is 0 Å². The van der Waals surface area contributed by atoms with E-state index in [1.807, 2.05) is 0 Å². The maximum absolute atomic E-state index is 11.3. The van der Waals surface area contributed by atoms with Crippen LogP contribution in [0.15, 0.2) is 18.2 Å². The van der Waals surface area contributed by atoms with Crippen LogP contribution in [-0.4, -0.2) is 41.1 Å². The van der Waals surface area contributed by atoms with Crippen molar-refractivity contribution in [3.8, 4) is 0 Å². The van der Waals surface area contributed by atoms with Gasteiger partial charge >= 0.3 is 5.97 Å². The molecule has 2 unspecified atom stereocenters. The van der Waals surface area contributed by atoms with Crippen molar-refractivity contribution in [2.24, 2.45) is 0 Å². The Hall–Kier alpha value is -1.63. The molecule has 6 heteroatoms. The molecule has 0 heterocycles. The Bertz CT molecular complexity index is 421. The number of aliphatic hydroxyl groups excluding tert-OH is 3. The van der Waals surface area contributed by atoms with Crippen LogP contribution in [-0.2, 0) is 4.74 Å². The van der Waals surface area contributed by atoms with E-state index in [9.17, 15) is 15.0 Å². The third kappa shape index (κ3) is 3.19. The van der Waals surface area contributed by atoms with Gasteiger partial charge in [-0.05, 0) is 24.1 Å². The molecule has 0 aliphatic rings. The zero-order valence-electron chi connectivity index (χ0n) is 10.0. The fourth-order valence-corrected chi connectivity index (χ4v) is 1.57. The molecular formula is C12H17NO5. The Morgan fingerprint density at radius 1 is 1.44 bits per heavy atom. The van der Waals surface area contributed by atoms with Gasteiger partial charge in [-0.25, -0.2) is 4.79 Å². The summed E-state index contributed by atoms with van der Waals surface area (Å²) in [6.45, 7) is -0.228. The third-order valence-electron chi connectivity index (χ3n) is 2.61. The smallest absolute Gasteiger partial charge is 0.339 e. The Balaban J connectivity index is 2.93. The first kappa shape index (κ1) is 14.4. The largest absolute Gasteiger partial charge is 0.465 e. The minimum Gasteiger partial charge on any atom is -0.465 e. The van der Waals surface area contributed by atoms with Crippen molar-refractivity contribution in [1.82, 2.24) is 0 Å². The minimum atomic E-state index is -1.16. The normalized spacial score (nSPS) is 14.0. The molecule has 0 aliphatic heterocycles. The van der Waals surface area contributed by atoms with E-state index in [0.717, 1.165) is 0 Å². The molecule has 0 aromatic heterocycles. The first-order valence-electron chi connectivity index (χ1n) is 5.46. The van der Waals surface area contributed by atoms with E-state index in [2.05, 4.69) is 4.74 Å². The van der Waals surface area contributed by atoms with Crippen LogP contribution in [0.4, 0.5) is 5.69 Å². The van der Waals surface area contributed by atoms with Crippen LogP contribution in [0.2, 0.25) is 0 Å². The summed E-state index contributed by atoms with van der Waals surface area (Å²) in [6, 6.07) is 4.30. The summed E-state index contributed by atoms with van der Waals surface area (Å²) >= 11 is 0. The molecule has 1 rings (SSSR count). The summed E-state index contributed by atoms with van der Waals surface area (Å²) in [6.07, 6.45) is -2.19. The maximum atomic E-state index is 11.3. The number of aliphatic hydroxyl groups is 3. The van der Waals surface area contributed by atoms with Crippen LogP contribution in [0, 0.1) is 0 Å². The molecule has 0 bridgehead atoms. The summed E-state index contributed by atoms with van der Waals surface area (Å²) in [5.74, 6) is -0.565. The molecule has 0 fully saturated rings. The molecule has 0 saturated heterocycles. The average molecular weight is 255 g/mol. The zero-order chi connectivity index (χ0) is 13.7. The molecular weight excluding hydrogens is 238 g/mol. The van der Waals surface area contributed by atoms with Crippen LogP contribution in [0.1, 0.15) is 28.4 Å². The number of carbonyl (C=O) groups excluding carboxylic acids is 1. The van der Waals surface area contributed by atoms with E-state index in [0.29, 0.717) is 5.56 Å². The summed E-state index contributed by atoms with van der Waals surface area (Å²) in [5, 5.41) is 28.0. The van der Waals surface area contributed by atoms with Crippen molar-refractivity contribution in [1.29, 1.82) is 0 Å². The van der Waals surface area contributed by atoms with Crippen molar-refractivity contribution in [2.45, 2.75) is 18.6 Å². The summed E-state index contributed by atoms with van der Waals surface area (Å²) in [7, 11) is 1.25. The number of anilines is 1. The lowest BCUT2D eigenvalue weighted by atomic mass is 10.00. The number of ether oxygens (including phenoxy) is 1. The van der Waals surface area contributed by atoms with Crippen LogP contribution in [0.3, 0.4) is 0 Å². The quantitative estimate of drug-likeness (QED) is 0.429. The highest BCUT2D eigenvalue weighted by Crippen LogP contribution is 2.23. The molecule has 2 atom stereocenters. The maximum Gasteiger partial charge on any atom is 0.339 e. The van der Waals surface area contributed by atoms with E-state index in [-0.39, 0.29) is 24.3 Å². The number of nitrogen functional groups attached to an aromatic ring is 1. The predicted molar refractivity (Wildman–Crippen MR) is 64.9 cm³/mol. The van der Waals surface area contributed by atoms with Crippen molar-refractivity contribution >= 4 is 11.7 Å². The van der Waals surface area contributed by atoms with Crippen LogP contribution < -0.4 is 5.73 Å². The highest BCUT2D eigenvalue weighted by Gasteiger charge is 2.19. The molecule has 0 aliphatic carbocycles. The molecule has 0 spiro atoms. The van der Waals surface area contributed by atoms with Gasteiger partial charge in [-0.3, -0.25) is 0 Å². The number of esters is 1. The number of rotatable bonds is 5. The topological polar surface area (TPSA) is 113 Å². The first-order valence-corrected chi connectivity index (χ1v) is 5.46. The van der Waals surface area contributed by atoms with Crippen LogP contribution in [0.25, 0.3) is 0 Å². The Morgan fingerprint density at radius 3 is 2.61 bits per heavy atom. The second-order valence-corrected chi connectivity index (χ2v) is 3.86. The summed E-state index contributed by atoms with van der Waals surface area (Å²) in [5.41, 5.74) is 6.40. The molecule has 100 valence electrons. The standard InChI is InChI=1S/C12H17NO5/c1-18-12(17)8-3-2-7(6-9(8)13)11(16)10(15)4-5-14/h2-3,6,10-11,14-16H,4-5,13H2,1H3. The molecule has 1 aromatic rings. The highest BCUT2D eigenvalue weighted by molar-refractivity contribution is 5.95. The second-order valence-electron chi connectivity index (χ2n) is 3.86. The van der Waals surface area contributed by atoms with Gasteiger partial charge in [0.25, 0.3) is 0 Å². The van der Waals surface area contributed by atoms with Gasteiger partial charge in [0.1, 0.15) is 6.10 Å². The minimum absolute atomic E-state index is 0.0554. The van der Waals surface area contributed by atoms with Crippen LogP contribution in [0.5, 0.6) is 0 Å². The molecule has 0 radical (unpaired) electrons. The summed E-state index contributed by atoms with van der Waals surface area (Å²) in [4.78, 5) is 11.3. The molecule has 0 amide bonds. The SMILES string of the molecule is COC(=O)c1ccc(C(O)C(O)CCO)cc1N. The molecule has 5 N–H and O–H groups in total. The fraction of sp³-hybridized carbons (Fsp3) is 0.417. The molecule has 6 nitrogen and oxygen atoms in total. The van der Waals surface area contributed by atoms with Gasteiger partial charge in [0.05, 0.1) is 18.8 Å². The second kappa shape index (κ2) is 6.34. The third-order valence-corrected chi connectivity index (χ3v) is 2.61. The number of hydrogen-bond donors (Lipinski definition) is 4. The van der Waals surface area contributed by atoms with Gasteiger partial charge in [0, 0.05) is 12.3 Å². The first-order chi connectivity index (χ1) is 8.51. The Labute approximate surface area is 105 Å². The number of hydrogen-bond acceptors (Lipinski definition) is 6. The molecule has 18 heavy (non-hydrogen) atoms. The fourth-order valence-electron chi connectivity index (χ4n) is 1.57. The van der Waals surface area contributed by atoms with Crippen molar-refractivity contribution in [2.75, 3.05) is 19.5 Å². The number of benzene rings is 1. The molecule has 0 saturated carbocycles. The monoisotopic (exact) mass is 255 g/mol. The van der Waals surface area contributed by atoms with Gasteiger partial charge < -0.3 is 25.8 Å². The lowest BCUT2D eigenvalue weighted by molar-refractivity contribution is 0.00424. The predicted octanol–water partition coefficient (Wildman–Crippen LogP) is -0.168. The average Bonchev–Trinajstić information content (AvgIpc) is 2.37. The van der Waals surface area contributed by atoms with E-state index in [1.54, 1.807) is 0 Å². The van der Waals surface area contributed by atoms with Gasteiger partial charge in [-0.2, -0.15) is 0 Å². The lowest BCUT2D eigenvalue weighted by Gasteiger charge is -2.18. The number of nitrogens with two attached hydrogens (primary N) is 1. The van der Waals surface area contributed by atoms with Crippen molar-refractivity contribution in [3.63, 3.8) is 0 Å². The van der Waals surface area contributed by atoms with E-state index in [4.69, 9.17) is 10.8 Å². The number of carbonyl (C=O) groups is 1. The van der Waals surface area contributed by atoms with E-state index >= 15 is 0 Å². The molecule has 1 aromatic carbocycles. The summed E-state index contributed by atoms with van der Waals surface area (Å²) < 4.78 is 4.54. The van der Waals surface area contributed by atoms with Gasteiger partial charge in [0.15, 0.2) is 0 Å². The lowest BCUT2D eigenvalue weighted by Crippen LogP contribution is -2.20. The Kier molecular flexibility index (Phi) is 5.08. The van der Waals surface area contributed by atoms with Crippen molar-refractivity contribution in [3.05, 3.63) is 29.3 Å².